The lowest BCUT2D eigenvalue weighted by Crippen LogP contribution is -2.52. The van der Waals surface area contributed by atoms with Crippen molar-refractivity contribution in [2.24, 2.45) is 0 Å². The van der Waals surface area contributed by atoms with E-state index in [-0.39, 0.29) is 17.8 Å². The fourth-order valence-electron chi connectivity index (χ4n) is 4.45. The van der Waals surface area contributed by atoms with Crippen molar-refractivity contribution in [1.82, 2.24) is 19.2 Å². The molecule has 194 valence electrons. The molecule has 0 radical (unpaired) electrons. The van der Waals surface area contributed by atoms with Crippen molar-refractivity contribution in [1.29, 1.82) is 0 Å². The Bertz CT molecular complexity index is 1970. The molecular weight excluding hydrogens is 556 g/mol. The molecule has 0 unspecified atom stereocenters. The van der Waals surface area contributed by atoms with Crippen molar-refractivity contribution in [3.63, 3.8) is 0 Å². The molecule has 0 aliphatic carbocycles. The number of nitrogens with zero attached hydrogens (tertiary/aromatic N) is 5. The van der Waals surface area contributed by atoms with Gasteiger partial charge < -0.3 is 0 Å². The molecule has 0 spiro atoms. The third-order valence-electron chi connectivity index (χ3n) is 6.25. The SMILES string of the molecule is O=c1[nH+]nc2c(-c3ccc(Cl)cc3)c(-c3ccc(Cl)cc3)c3n[n+](Cc4ccc(C(F)(F)F)cc4)c(=O)n3n12. The molecule has 0 fully saturated rings. The zero-order valence-corrected chi connectivity index (χ0v) is 21.1. The standard InChI is InChI=1S/C26H14Cl2F3N6O2/c27-18-9-3-15(4-10-18)20-21(16-5-11-19(28)12-6-16)23-34-35(13-14-1-7-17(8-2-14)26(29,30)31)25(39)37(23)36-22(20)32-33-24(36)38/h1-12H,13H2/q+1/p+1. The molecule has 0 saturated carbocycles. The first kappa shape index (κ1) is 25.0. The van der Waals surface area contributed by atoms with E-state index in [9.17, 15) is 22.8 Å². The van der Waals surface area contributed by atoms with Crippen molar-refractivity contribution in [3.8, 4) is 22.3 Å². The normalized spacial score (nSPS) is 12.0. The molecule has 0 amide bonds. The molecule has 6 rings (SSSR count). The number of hydrogen-bond donors (Lipinski definition) is 0. The molecule has 6 aromatic rings. The zero-order valence-electron chi connectivity index (χ0n) is 19.6. The van der Waals surface area contributed by atoms with Crippen LogP contribution in [0.25, 0.3) is 33.5 Å². The molecule has 8 nitrogen and oxygen atoms in total. The van der Waals surface area contributed by atoms with Crippen molar-refractivity contribution in [3.05, 3.63) is 115 Å². The molecule has 0 atom stereocenters. The highest BCUT2D eigenvalue weighted by Crippen LogP contribution is 2.37. The van der Waals surface area contributed by atoms with Crippen molar-refractivity contribution in [2.75, 3.05) is 0 Å². The number of halogens is 5. The number of alkyl halides is 3. The average Bonchev–Trinajstić information content (AvgIpc) is 3.43. The van der Waals surface area contributed by atoms with Gasteiger partial charge in [-0.3, -0.25) is 0 Å². The summed E-state index contributed by atoms with van der Waals surface area (Å²) in [7, 11) is 0. The first-order chi connectivity index (χ1) is 18.6. The number of aromatic nitrogens is 6. The van der Waals surface area contributed by atoms with Crippen molar-refractivity contribution in [2.45, 2.75) is 12.7 Å². The Hall–Kier alpha value is -4.35. The van der Waals surface area contributed by atoms with Gasteiger partial charge in [-0.2, -0.15) is 22.8 Å². The van der Waals surface area contributed by atoms with Gasteiger partial charge in [0.15, 0.2) is 0 Å². The van der Waals surface area contributed by atoms with Gasteiger partial charge >= 0.3 is 28.9 Å². The summed E-state index contributed by atoms with van der Waals surface area (Å²) in [6.07, 6.45) is -4.49. The first-order valence-electron chi connectivity index (χ1n) is 11.4. The van der Waals surface area contributed by atoms with Gasteiger partial charge in [-0.05, 0) is 63.3 Å². The number of aromatic amines is 1. The van der Waals surface area contributed by atoms with E-state index >= 15 is 0 Å². The van der Waals surface area contributed by atoms with E-state index in [4.69, 9.17) is 23.2 Å². The van der Waals surface area contributed by atoms with Crippen LogP contribution in [-0.2, 0) is 12.7 Å². The Morgan fingerprint density at radius 1 is 0.769 bits per heavy atom. The van der Waals surface area contributed by atoms with Crippen molar-refractivity contribution < 1.29 is 23.0 Å². The van der Waals surface area contributed by atoms with E-state index in [1.165, 1.54) is 12.1 Å². The van der Waals surface area contributed by atoms with Crippen molar-refractivity contribution >= 4 is 34.5 Å². The molecule has 3 heterocycles. The molecule has 1 N–H and O–H groups in total. The molecule has 0 bridgehead atoms. The maximum Gasteiger partial charge on any atom is 0.563 e. The summed E-state index contributed by atoms with van der Waals surface area (Å²) >= 11 is 12.2. The van der Waals surface area contributed by atoms with Crippen LogP contribution in [0, 0.1) is 0 Å². The van der Waals surface area contributed by atoms with Crippen LogP contribution in [-0.4, -0.2) is 19.2 Å². The lowest BCUT2D eigenvalue weighted by molar-refractivity contribution is -0.755. The van der Waals surface area contributed by atoms with Gasteiger partial charge in [0.2, 0.25) is 0 Å². The van der Waals surface area contributed by atoms with E-state index in [1.54, 1.807) is 48.5 Å². The van der Waals surface area contributed by atoms with Crippen LogP contribution in [0.3, 0.4) is 0 Å². The molecule has 3 aromatic heterocycles. The smallest absolute Gasteiger partial charge is 0.191 e. The highest BCUT2D eigenvalue weighted by Gasteiger charge is 2.35. The van der Waals surface area contributed by atoms with Crippen LogP contribution < -0.4 is 21.2 Å². The van der Waals surface area contributed by atoms with Gasteiger partial charge in [0.05, 0.1) is 16.7 Å². The van der Waals surface area contributed by atoms with Crippen LogP contribution in [0.2, 0.25) is 10.0 Å². The Morgan fingerprint density at radius 2 is 1.31 bits per heavy atom. The highest BCUT2D eigenvalue weighted by atomic mass is 35.5. The van der Waals surface area contributed by atoms with Gasteiger partial charge in [0, 0.05) is 19.1 Å². The van der Waals surface area contributed by atoms with Gasteiger partial charge in [0.25, 0.3) is 0 Å². The predicted molar refractivity (Wildman–Crippen MR) is 136 cm³/mol. The maximum absolute atomic E-state index is 13.6. The minimum atomic E-state index is -4.49. The third-order valence-corrected chi connectivity index (χ3v) is 6.75. The minimum Gasteiger partial charge on any atom is -0.191 e. The van der Waals surface area contributed by atoms with Gasteiger partial charge in [-0.1, -0.05) is 64.3 Å². The van der Waals surface area contributed by atoms with E-state index in [1.807, 2.05) is 0 Å². The molecular formula is C26H15Cl2F3N6O2+2. The fraction of sp³-hybridized carbons (Fsp3) is 0.0769. The molecule has 0 aliphatic rings. The van der Waals surface area contributed by atoms with Crippen LogP contribution in [0.4, 0.5) is 13.2 Å². The Balaban J connectivity index is 1.65. The topological polar surface area (TPSA) is 86.8 Å². The number of benzene rings is 3. The number of fused-ring (bicyclic) bond motifs is 3. The lowest BCUT2D eigenvalue weighted by atomic mass is 9.96. The summed E-state index contributed by atoms with van der Waals surface area (Å²) in [6, 6.07) is 18.2. The quantitative estimate of drug-likeness (QED) is 0.300. The molecule has 3 aromatic carbocycles. The fourth-order valence-corrected chi connectivity index (χ4v) is 4.71. The first-order valence-corrected chi connectivity index (χ1v) is 12.2. The zero-order chi connectivity index (χ0) is 27.5. The lowest BCUT2D eigenvalue weighted by Gasteiger charge is -2.08. The van der Waals surface area contributed by atoms with E-state index in [0.717, 1.165) is 25.8 Å². The monoisotopic (exact) mass is 570 g/mol. The average molecular weight is 571 g/mol. The Morgan fingerprint density at radius 3 is 1.85 bits per heavy atom. The number of rotatable bonds is 4. The predicted octanol–water partition coefficient (Wildman–Crippen LogP) is 3.95. The largest absolute Gasteiger partial charge is 0.563 e. The second kappa shape index (κ2) is 9.14. The van der Waals surface area contributed by atoms with E-state index < -0.39 is 23.1 Å². The second-order valence-electron chi connectivity index (χ2n) is 8.70. The minimum absolute atomic E-state index is 0.134. The highest BCUT2D eigenvalue weighted by molar-refractivity contribution is 6.31. The summed E-state index contributed by atoms with van der Waals surface area (Å²) in [5.74, 6) is 0. The summed E-state index contributed by atoms with van der Waals surface area (Å²) in [4.78, 5) is 26.5. The molecule has 0 aliphatic heterocycles. The van der Waals surface area contributed by atoms with Crippen LogP contribution in [0.15, 0.2) is 82.4 Å². The van der Waals surface area contributed by atoms with Gasteiger partial charge in [0.1, 0.15) is 6.54 Å². The molecule has 0 saturated heterocycles. The van der Waals surface area contributed by atoms with Gasteiger partial charge in [-0.15, -0.1) is 5.10 Å². The third kappa shape index (κ3) is 4.29. The maximum atomic E-state index is 13.6. The summed E-state index contributed by atoms with van der Waals surface area (Å²) < 4.78 is 42.3. The second-order valence-corrected chi connectivity index (χ2v) is 9.57. The van der Waals surface area contributed by atoms with Crippen LogP contribution >= 0.6 is 23.2 Å². The number of nitrogens with one attached hydrogen (secondary N) is 1. The summed E-state index contributed by atoms with van der Waals surface area (Å²) in [5, 5.41) is 12.1. The van der Waals surface area contributed by atoms with Gasteiger partial charge in [-0.25, -0.2) is 0 Å². The number of H-pyrrole nitrogens is 1. The Labute approximate surface area is 226 Å². The molecule has 13 heteroatoms. The number of hydrogen-bond acceptors (Lipinski definition) is 4. The molecule has 39 heavy (non-hydrogen) atoms. The van der Waals surface area contributed by atoms with Crippen LogP contribution in [0.5, 0.6) is 0 Å². The van der Waals surface area contributed by atoms with Crippen LogP contribution in [0.1, 0.15) is 11.1 Å². The summed E-state index contributed by atoms with van der Waals surface area (Å²) in [6.45, 7) is -0.136. The summed E-state index contributed by atoms with van der Waals surface area (Å²) in [5.41, 5.74) is 0.828. The van der Waals surface area contributed by atoms with E-state index in [2.05, 4.69) is 15.3 Å². The Kier molecular flexibility index (Phi) is 5.85. The van der Waals surface area contributed by atoms with E-state index in [0.29, 0.717) is 37.9 Å².